The van der Waals surface area contributed by atoms with Gasteiger partial charge in [-0.2, -0.15) is 0 Å². The average Bonchev–Trinajstić information content (AvgIpc) is 2.36. The molecule has 6 heteroatoms. The van der Waals surface area contributed by atoms with Crippen LogP contribution < -0.4 is 56.7 Å². The Balaban J connectivity index is 0.00000180. The first-order chi connectivity index (χ1) is 8.58. The van der Waals surface area contributed by atoms with Gasteiger partial charge in [-0.1, -0.05) is 29.3 Å². The number of rotatable bonds is 2. The monoisotopic (exact) mass is 321 g/mol. The van der Waals surface area contributed by atoms with Crippen LogP contribution in [-0.4, -0.2) is 11.0 Å². The van der Waals surface area contributed by atoms with Crippen molar-refractivity contribution in [1.82, 2.24) is 0 Å². The van der Waals surface area contributed by atoms with Crippen LogP contribution in [0, 0.1) is 0 Å². The second-order valence-electron chi connectivity index (χ2n) is 3.60. The van der Waals surface area contributed by atoms with Crippen molar-refractivity contribution >= 4 is 34.8 Å². The number of carbonyl (C=O) groups excluding carboxylic acids is 1. The van der Waals surface area contributed by atoms with E-state index >= 15 is 0 Å². The van der Waals surface area contributed by atoms with Gasteiger partial charge in [0.25, 0.3) is 5.91 Å². The van der Waals surface area contributed by atoms with Crippen LogP contribution in [-0.2, 0) is 0 Å². The number of hydrogen-bond acceptors (Lipinski definition) is 2. The first-order valence-corrected chi connectivity index (χ1v) is 5.88. The van der Waals surface area contributed by atoms with Crippen molar-refractivity contribution in [2.24, 2.45) is 0 Å². The Kier molecular flexibility index (Phi) is 6.83. The summed E-state index contributed by atoms with van der Waals surface area (Å²) in [6.45, 7) is 0. The van der Waals surface area contributed by atoms with Gasteiger partial charge in [0.2, 0.25) is 0 Å². The summed E-state index contributed by atoms with van der Waals surface area (Å²) in [6.07, 6.45) is 0. The van der Waals surface area contributed by atoms with E-state index in [1.165, 1.54) is 24.3 Å². The molecule has 0 aliphatic rings. The van der Waals surface area contributed by atoms with Crippen molar-refractivity contribution in [2.45, 2.75) is 0 Å². The molecule has 0 aromatic heterocycles. The van der Waals surface area contributed by atoms with Gasteiger partial charge in [0.05, 0.1) is 15.7 Å². The third-order valence-corrected chi connectivity index (χ3v) is 3.15. The fourth-order valence-electron chi connectivity index (χ4n) is 1.41. The van der Waals surface area contributed by atoms with Crippen LogP contribution in [0.5, 0.6) is 5.75 Å². The fraction of sp³-hybridized carbons (Fsp3) is 0. The van der Waals surface area contributed by atoms with Gasteiger partial charge < -0.3 is 11.8 Å². The van der Waals surface area contributed by atoms with Crippen LogP contribution >= 0.6 is 23.2 Å². The number of anilines is 1. The maximum absolute atomic E-state index is 11.9. The van der Waals surface area contributed by atoms with Crippen LogP contribution in [0.3, 0.4) is 0 Å². The zero-order chi connectivity index (χ0) is 13.1. The number of benzene rings is 2. The summed E-state index contributed by atoms with van der Waals surface area (Å²) in [6, 6.07) is 10.9. The van der Waals surface area contributed by atoms with Gasteiger partial charge in [-0.05, 0) is 36.4 Å². The molecule has 0 aliphatic carbocycles. The predicted octanol–water partition coefficient (Wildman–Crippen LogP) is 1.07. The molecule has 0 saturated heterocycles. The minimum atomic E-state index is -0.320. The van der Waals surface area contributed by atoms with E-state index in [0.29, 0.717) is 21.3 Å². The van der Waals surface area contributed by atoms with Crippen LogP contribution in [0.1, 0.15) is 11.8 Å². The van der Waals surface area contributed by atoms with E-state index < -0.39 is 0 Å². The molecule has 0 spiro atoms. The van der Waals surface area contributed by atoms with Crippen LogP contribution in [0.4, 0.5) is 5.69 Å². The second kappa shape index (κ2) is 7.64. The number of halogens is 2. The third kappa shape index (κ3) is 4.46. The molecule has 0 unspecified atom stereocenters. The van der Waals surface area contributed by atoms with Gasteiger partial charge in [0, 0.05) is 5.56 Å². The quantitative estimate of drug-likeness (QED) is 0.813. The zero-order valence-electron chi connectivity index (χ0n) is 11.2. The maximum Gasteiger partial charge on any atom is 1.00 e. The minimum Gasteiger partial charge on any atom is -1.00 e. The van der Waals surface area contributed by atoms with Crippen molar-refractivity contribution in [3.63, 3.8) is 0 Å². The molecule has 0 atom stereocenters. The number of phenolic OH excluding ortho intramolecular Hbond substituents is 1. The summed E-state index contributed by atoms with van der Waals surface area (Å²) < 4.78 is 0. The average molecular weight is 322 g/mol. The summed E-state index contributed by atoms with van der Waals surface area (Å²) in [5.74, 6) is -0.216. The molecule has 0 aliphatic heterocycles. The maximum atomic E-state index is 11.9. The fourth-order valence-corrected chi connectivity index (χ4v) is 1.76. The first-order valence-electron chi connectivity index (χ1n) is 5.12. The number of aromatic hydroxyl groups is 1. The van der Waals surface area contributed by atoms with Gasteiger partial charge in [0.15, 0.2) is 0 Å². The van der Waals surface area contributed by atoms with Crippen LogP contribution in [0.15, 0.2) is 42.5 Å². The van der Waals surface area contributed by atoms with E-state index in [-0.39, 0.29) is 64.5 Å². The molecule has 19 heavy (non-hydrogen) atoms. The molecular formula is C13H10Cl2KNO2. The van der Waals surface area contributed by atoms with E-state index in [9.17, 15) is 4.79 Å². The molecule has 2 rings (SSSR count). The molecule has 2 aromatic carbocycles. The van der Waals surface area contributed by atoms with Crippen molar-refractivity contribution < 1.29 is 62.7 Å². The Hall–Kier alpha value is -0.0736. The molecule has 1 amide bonds. The molecule has 0 radical (unpaired) electrons. The van der Waals surface area contributed by atoms with Gasteiger partial charge in [-0.3, -0.25) is 4.79 Å². The molecule has 2 N–H and O–H groups in total. The zero-order valence-corrected chi connectivity index (χ0v) is 14.8. The normalized spacial score (nSPS) is 9.58. The van der Waals surface area contributed by atoms with Crippen molar-refractivity contribution in [1.29, 1.82) is 0 Å². The predicted molar refractivity (Wildman–Crippen MR) is 73.6 cm³/mol. The number of nitrogens with one attached hydrogen (secondary N) is 1. The number of hydrogen-bond donors (Lipinski definition) is 2. The smallest absolute Gasteiger partial charge is 1.00 e. The van der Waals surface area contributed by atoms with Crippen molar-refractivity contribution in [3.05, 3.63) is 58.1 Å². The van der Waals surface area contributed by atoms with E-state index in [2.05, 4.69) is 5.32 Å². The summed E-state index contributed by atoms with van der Waals surface area (Å²) in [4.78, 5) is 11.9. The molecule has 0 bridgehead atoms. The number of amides is 1. The second-order valence-corrected chi connectivity index (χ2v) is 4.39. The first kappa shape index (κ1) is 17.0. The van der Waals surface area contributed by atoms with E-state index in [1.807, 2.05) is 0 Å². The molecule has 2 aromatic rings. The molecule has 94 valence electrons. The Morgan fingerprint density at radius 2 is 1.74 bits per heavy atom. The van der Waals surface area contributed by atoms with E-state index in [4.69, 9.17) is 28.3 Å². The molecule has 0 fully saturated rings. The van der Waals surface area contributed by atoms with Gasteiger partial charge in [-0.25, -0.2) is 0 Å². The van der Waals surface area contributed by atoms with Gasteiger partial charge >= 0.3 is 51.4 Å². The standard InChI is InChI=1S/C13H9Cl2NO2.K.H/c14-10-2-1-3-11(12(10)15)16-13(18)8-4-6-9(17)7-5-8;;/h1-7,17H,(H,16,18);;/q;+1;-1. The molecule has 3 nitrogen and oxygen atoms in total. The molecular weight excluding hydrogens is 312 g/mol. The van der Waals surface area contributed by atoms with Gasteiger partial charge in [-0.15, -0.1) is 0 Å². The molecule has 0 heterocycles. The largest absolute Gasteiger partial charge is 1.00 e. The van der Waals surface area contributed by atoms with Crippen LogP contribution in [0.2, 0.25) is 10.0 Å². The summed E-state index contributed by atoms with van der Waals surface area (Å²) in [5.41, 5.74) is 0.867. The van der Waals surface area contributed by atoms with E-state index in [0.717, 1.165) is 0 Å². The third-order valence-electron chi connectivity index (χ3n) is 2.33. The summed E-state index contributed by atoms with van der Waals surface area (Å²) >= 11 is 11.8. The Bertz CT molecular complexity index is 593. The van der Waals surface area contributed by atoms with E-state index in [1.54, 1.807) is 18.2 Å². The summed E-state index contributed by atoms with van der Waals surface area (Å²) in [5, 5.41) is 12.5. The topological polar surface area (TPSA) is 49.3 Å². The molecule has 0 saturated carbocycles. The Morgan fingerprint density at radius 3 is 2.37 bits per heavy atom. The summed E-state index contributed by atoms with van der Waals surface area (Å²) in [7, 11) is 0. The van der Waals surface area contributed by atoms with Crippen molar-refractivity contribution in [2.75, 3.05) is 5.32 Å². The Labute approximate surface area is 164 Å². The number of carbonyl (C=O) groups is 1. The van der Waals surface area contributed by atoms with Gasteiger partial charge in [0.1, 0.15) is 5.75 Å². The Morgan fingerprint density at radius 1 is 1.11 bits per heavy atom. The minimum absolute atomic E-state index is 0. The van der Waals surface area contributed by atoms with Crippen molar-refractivity contribution in [3.8, 4) is 5.75 Å². The SMILES string of the molecule is O=C(Nc1cccc(Cl)c1Cl)c1ccc(O)cc1.[H-].[K+]. The number of phenols is 1. The van der Waals surface area contributed by atoms with Crippen LogP contribution in [0.25, 0.3) is 0 Å².